The minimum Gasteiger partial charge on any atom is -0.497 e. The van der Waals surface area contributed by atoms with Gasteiger partial charge >= 0.3 is 0 Å². The summed E-state index contributed by atoms with van der Waals surface area (Å²) in [5.41, 5.74) is 9.49. The monoisotopic (exact) mass is 498 g/mol. The highest BCUT2D eigenvalue weighted by Crippen LogP contribution is 2.31. The summed E-state index contributed by atoms with van der Waals surface area (Å²) in [5.74, 6) is 1.69. The summed E-state index contributed by atoms with van der Waals surface area (Å²) < 4.78 is 10.5. The number of ether oxygens (including phenoxy) is 2. The number of allylic oxidation sites excluding steroid dienone is 3. The minimum atomic E-state index is 0.845. The van der Waals surface area contributed by atoms with Crippen LogP contribution in [0.2, 0.25) is 0 Å². The number of aryl methyl sites for hydroxylation is 1. The first-order chi connectivity index (χ1) is 18.6. The van der Waals surface area contributed by atoms with E-state index in [0.717, 1.165) is 56.6 Å². The Kier molecular flexibility index (Phi) is 7.51. The zero-order chi connectivity index (χ0) is 26.3. The van der Waals surface area contributed by atoms with Crippen molar-refractivity contribution in [1.29, 1.82) is 0 Å². The van der Waals surface area contributed by atoms with Gasteiger partial charge in [-0.1, -0.05) is 66.2 Å². The van der Waals surface area contributed by atoms with E-state index in [1.165, 1.54) is 5.56 Å². The molecule has 4 heteroatoms. The van der Waals surface area contributed by atoms with Crippen molar-refractivity contribution in [2.75, 3.05) is 14.2 Å². The van der Waals surface area contributed by atoms with Gasteiger partial charge in [0.25, 0.3) is 0 Å². The van der Waals surface area contributed by atoms with Gasteiger partial charge in [0.2, 0.25) is 0 Å². The third-order valence-corrected chi connectivity index (χ3v) is 6.37. The number of hydrogen-bond acceptors (Lipinski definition) is 3. The van der Waals surface area contributed by atoms with Gasteiger partial charge in [-0.15, -0.1) is 0 Å². The zero-order valence-electron chi connectivity index (χ0n) is 21.8. The predicted molar refractivity (Wildman–Crippen MR) is 159 cm³/mol. The first-order valence-electron chi connectivity index (χ1n) is 12.5. The zero-order valence-corrected chi connectivity index (χ0v) is 21.8. The molecule has 4 nitrogen and oxygen atoms in total. The van der Waals surface area contributed by atoms with Crippen LogP contribution < -0.4 is 9.47 Å². The molecule has 0 unspecified atom stereocenters. The molecule has 1 N–H and O–H groups in total. The molecule has 0 radical (unpaired) electrons. The van der Waals surface area contributed by atoms with E-state index in [-0.39, 0.29) is 0 Å². The molecule has 1 aliphatic heterocycles. The Morgan fingerprint density at radius 3 is 1.87 bits per heavy atom. The van der Waals surface area contributed by atoms with Crippen LogP contribution in [0.4, 0.5) is 0 Å². The summed E-state index contributed by atoms with van der Waals surface area (Å²) in [4.78, 5) is 8.53. The van der Waals surface area contributed by atoms with Gasteiger partial charge in [0.1, 0.15) is 11.5 Å². The van der Waals surface area contributed by atoms with Crippen molar-refractivity contribution >= 4 is 29.5 Å². The topological polar surface area (TPSA) is 46.6 Å². The average Bonchev–Trinajstić information content (AvgIpc) is 3.63. The van der Waals surface area contributed by atoms with Gasteiger partial charge in [-0.3, -0.25) is 0 Å². The van der Waals surface area contributed by atoms with Crippen LogP contribution in [0.25, 0.3) is 23.8 Å². The van der Waals surface area contributed by atoms with Crippen LogP contribution in [-0.2, 0) is 0 Å². The van der Waals surface area contributed by atoms with Crippen LogP contribution >= 0.6 is 0 Å². The molecule has 1 aromatic heterocycles. The fourth-order valence-electron chi connectivity index (χ4n) is 4.22. The van der Waals surface area contributed by atoms with Crippen LogP contribution in [0.3, 0.4) is 0 Å². The Hall–Kier alpha value is -4.83. The third kappa shape index (κ3) is 5.93. The maximum atomic E-state index is 5.25. The summed E-state index contributed by atoms with van der Waals surface area (Å²) in [6.45, 7) is 2.10. The maximum Gasteiger partial charge on any atom is 0.118 e. The lowest BCUT2D eigenvalue weighted by molar-refractivity contribution is 0.414. The first kappa shape index (κ1) is 24.8. The van der Waals surface area contributed by atoms with Crippen LogP contribution in [0, 0.1) is 6.92 Å². The summed E-state index contributed by atoms with van der Waals surface area (Å²) in [6.07, 6.45) is 12.4. The van der Waals surface area contributed by atoms with E-state index in [9.17, 15) is 0 Å². The van der Waals surface area contributed by atoms with Crippen molar-refractivity contribution < 1.29 is 9.47 Å². The molecule has 188 valence electrons. The second-order valence-corrected chi connectivity index (χ2v) is 9.04. The Morgan fingerprint density at radius 2 is 1.26 bits per heavy atom. The second kappa shape index (κ2) is 11.5. The lowest BCUT2D eigenvalue weighted by atomic mass is 9.99. The number of H-pyrrole nitrogens is 1. The highest BCUT2D eigenvalue weighted by atomic mass is 16.5. The summed E-state index contributed by atoms with van der Waals surface area (Å²) in [5, 5.41) is 0. The van der Waals surface area contributed by atoms with E-state index in [2.05, 4.69) is 78.7 Å². The molecule has 0 aliphatic carbocycles. The molecule has 1 aliphatic rings. The van der Waals surface area contributed by atoms with E-state index in [0.29, 0.717) is 0 Å². The standard InChI is InChI=1S/C34H30N2O2/c1-24-4-12-27(13-5-24)34(32-22-16-28(35-32)14-6-25-8-18-30(37-2)19-9-25)33-23-17-29(36-33)15-7-26-10-20-31(38-3)21-11-26/h4-23,35H,1-3H3/b14-6+,15-7+,34-33-. The normalized spacial score (nSPS) is 14.3. The van der Waals surface area contributed by atoms with Gasteiger partial charge in [-0.2, -0.15) is 0 Å². The number of aliphatic imine (C=N–C) groups is 1. The van der Waals surface area contributed by atoms with E-state index in [4.69, 9.17) is 14.5 Å². The van der Waals surface area contributed by atoms with Crippen LogP contribution in [0.5, 0.6) is 11.5 Å². The first-order valence-corrected chi connectivity index (χ1v) is 12.5. The van der Waals surface area contributed by atoms with Crippen molar-refractivity contribution in [3.63, 3.8) is 0 Å². The molecular formula is C34H30N2O2. The lowest BCUT2D eigenvalue weighted by Gasteiger charge is -2.09. The molecule has 4 aromatic rings. The fourth-order valence-corrected chi connectivity index (χ4v) is 4.22. The Balaban J connectivity index is 1.44. The number of benzene rings is 3. The number of nitrogens with one attached hydrogen (secondary N) is 1. The van der Waals surface area contributed by atoms with Gasteiger partial charge < -0.3 is 14.5 Å². The SMILES string of the molecule is COc1ccc(/C=C/C2=NC(=C(/c3ccc(C)cc3)c3ccc(/C=C/c4ccc(OC)cc4)[nH]3)/C=C2)cc1. The van der Waals surface area contributed by atoms with Crippen LogP contribution in [0.15, 0.2) is 114 Å². The average molecular weight is 499 g/mol. The highest BCUT2D eigenvalue weighted by molar-refractivity contribution is 6.10. The summed E-state index contributed by atoms with van der Waals surface area (Å²) >= 11 is 0. The van der Waals surface area contributed by atoms with Gasteiger partial charge in [-0.05, 0) is 84.3 Å². The van der Waals surface area contributed by atoms with E-state index in [1.54, 1.807) is 14.2 Å². The summed E-state index contributed by atoms with van der Waals surface area (Å²) in [7, 11) is 3.35. The molecule has 3 aromatic carbocycles. The molecular weight excluding hydrogens is 468 g/mol. The smallest absolute Gasteiger partial charge is 0.118 e. The molecule has 0 spiro atoms. The van der Waals surface area contributed by atoms with Crippen molar-refractivity contribution in [3.8, 4) is 11.5 Å². The molecule has 0 fully saturated rings. The Morgan fingerprint density at radius 1 is 0.658 bits per heavy atom. The second-order valence-electron chi connectivity index (χ2n) is 9.04. The van der Waals surface area contributed by atoms with Crippen LogP contribution in [-0.4, -0.2) is 24.9 Å². The highest BCUT2D eigenvalue weighted by Gasteiger charge is 2.15. The fraction of sp³-hybridized carbons (Fsp3) is 0.0882. The number of aromatic nitrogens is 1. The summed E-state index contributed by atoms with van der Waals surface area (Å²) in [6, 6.07) is 28.8. The molecule has 0 saturated carbocycles. The van der Waals surface area contributed by atoms with Crippen molar-refractivity contribution in [2.45, 2.75) is 6.92 Å². The Labute approximate surface area is 224 Å². The van der Waals surface area contributed by atoms with Gasteiger partial charge in [0, 0.05) is 17.0 Å². The van der Waals surface area contributed by atoms with E-state index >= 15 is 0 Å². The molecule has 5 rings (SSSR count). The quantitative estimate of drug-likeness (QED) is 0.268. The number of aromatic amines is 1. The number of methoxy groups -OCH3 is 2. The molecule has 0 amide bonds. The molecule has 38 heavy (non-hydrogen) atoms. The largest absolute Gasteiger partial charge is 0.497 e. The maximum absolute atomic E-state index is 5.25. The van der Waals surface area contributed by atoms with Gasteiger partial charge in [0.15, 0.2) is 0 Å². The van der Waals surface area contributed by atoms with Gasteiger partial charge in [-0.25, -0.2) is 4.99 Å². The van der Waals surface area contributed by atoms with Gasteiger partial charge in [0.05, 0.1) is 25.6 Å². The number of rotatable bonds is 8. The predicted octanol–water partition coefficient (Wildman–Crippen LogP) is 7.99. The minimum absolute atomic E-state index is 0.845. The number of hydrogen-bond donors (Lipinski definition) is 1. The van der Waals surface area contributed by atoms with Crippen molar-refractivity contribution in [3.05, 3.63) is 142 Å². The number of nitrogens with zero attached hydrogens (tertiary/aromatic N) is 1. The van der Waals surface area contributed by atoms with Crippen molar-refractivity contribution in [1.82, 2.24) is 4.98 Å². The molecule has 0 atom stereocenters. The van der Waals surface area contributed by atoms with Crippen LogP contribution in [0.1, 0.15) is 33.6 Å². The van der Waals surface area contributed by atoms with E-state index in [1.807, 2.05) is 54.6 Å². The molecule has 0 bridgehead atoms. The lowest BCUT2D eigenvalue weighted by Crippen LogP contribution is -1.93. The van der Waals surface area contributed by atoms with E-state index < -0.39 is 0 Å². The Bertz CT molecular complexity index is 1550. The molecule has 0 saturated heterocycles. The third-order valence-electron chi connectivity index (χ3n) is 6.37. The van der Waals surface area contributed by atoms with Crippen molar-refractivity contribution in [2.24, 2.45) is 4.99 Å². The molecule has 2 heterocycles.